The highest BCUT2D eigenvalue weighted by Crippen LogP contribution is 2.36. The molecule has 0 N–H and O–H groups in total. The second-order valence-electron chi connectivity index (χ2n) is 4.04. The fourth-order valence-electron chi connectivity index (χ4n) is 2.11. The smallest absolute Gasteiger partial charge is 0.212 e. The summed E-state index contributed by atoms with van der Waals surface area (Å²) in [6, 6.07) is 12.6. The minimum atomic E-state index is -0.737. The van der Waals surface area contributed by atoms with Gasteiger partial charge in [-0.2, -0.15) is 5.26 Å². The second-order valence-corrected chi connectivity index (χ2v) is 4.04. The van der Waals surface area contributed by atoms with Gasteiger partial charge in [-0.15, -0.1) is 0 Å². The van der Waals surface area contributed by atoms with E-state index in [1.165, 1.54) is 0 Å². The van der Waals surface area contributed by atoms with E-state index < -0.39 is 11.6 Å². The molecule has 1 aromatic heterocycles. The van der Waals surface area contributed by atoms with Crippen LogP contribution in [0.1, 0.15) is 5.76 Å². The van der Waals surface area contributed by atoms with E-state index >= 15 is 0 Å². The maximum Gasteiger partial charge on any atom is 0.212 e. The summed E-state index contributed by atoms with van der Waals surface area (Å²) in [5.41, 5.74) is 1.05. The third-order valence-electron chi connectivity index (χ3n) is 2.87. The highest BCUT2D eigenvalue weighted by molar-refractivity contribution is 5.97. The van der Waals surface area contributed by atoms with Crippen molar-refractivity contribution in [2.24, 2.45) is 0 Å². The highest BCUT2D eigenvalue weighted by Gasteiger charge is 2.19. The van der Waals surface area contributed by atoms with Gasteiger partial charge in [0.2, 0.25) is 5.76 Å². The van der Waals surface area contributed by atoms with Crippen molar-refractivity contribution in [2.75, 3.05) is 0 Å². The van der Waals surface area contributed by atoms with Crippen molar-refractivity contribution in [3.8, 4) is 17.2 Å². The van der Waals surface area contributed by atoms with Gasteiger partial charge in [-0.05, 0) is 5.56 Å². The third kappa shape index (κ3) is 1.76. The van der Waals surface area contributed by atoms with Crippen LogP contribution in [0.15, 0.2) is 46.9 Å². The monoisotopic (exact) mass is 255 g/mol. The Labute approximate surface area is 107 Å². The van der Waals surface area contributed by atoms with Crippen molar-refractivity contribution in [3.05, 3.63) is 59.9 Å². The third-order valence-corrected chi connectivity index (χ3v) is 2.87. The quantitative estimate of drug-likeness (QED) is 0.651. The minimum Gasteiger partial charge on any atom is -0.445 e. The number of hydrogen-bond donors (Lipinski definition) is 0. The summed E-state index contributed by atoms with van der Waals surface area (Å²) in [6.45, 7) is 0. The first kappa shape index (κ1) is 11.4. The summed E-state index contributed by atoms with van der Waals surface area (Å²) in [5, 5.41) is 9.21. The summed E-state index contributed by atoms with van der Waals surface area (Å²) < 4.78 is 32.3. The first-order valence-electron chi connectivity index (χ1n) is 5.58. The Bertz CT molecular complexity index is 800. The van der Waals surface area contributed by atoms with E-state index in [9.17, 15) is 8.78 Å². The molecule has 0 aliphatic rings. The number of halogens is 2. The number of nitrogens with zero attached hydrogens (tertiary/aromatic N) is 1. The summed E-state index contributed by atoms with van der Waals surface area (Å²) in [7, 11) is 0. The first-order chi connectivity index (χ1) is 9.20. The molecule has 0 saturated heterocycles. The van der Waals surface area contributed by atoms with E-state index in [0.29, 0.717) is 11.1 Å². The lowest BCUT2D eigenvalue weighted by Gasteiger charge is -1.99. The van der Waals surface area contributed by atoms with Crippen LogP contribution in [0.5, 0.6) is 0 Å². The van der Waals surface area contributed by atoms with Gasteiger partial charge in [-0.25, -0.2) is 8.78 Å². The molecule has 0 spiro atoms. The lowest BCUT2D eigenvalue weighted by Crippen LogP contribution is -1.84. The molecular weight excluding hydrogens is 248 g/mol. The van der Waals surface area contributed by atoms with Crippen molar-refractivity contribution in [1.82, 2.24) is 0 Å². The van der Waals surface area contributed by atoms with E-state index in [1.54, 1.807) is 24.3 Å². The average Bonchev–Trinajstić information content (AvgIpc) is 2.78. The van der Waals surface area contributed by atoms with E-state index in [0.717, 1.165) is 12.1 Å². The molecule has 2 aromatic carbocycles. The lowest BCUT2D eigenvalue weighted by molar-refractivity contribution is 0.572. The van der Waals surface area contributed by atoms with Crippen molar-refractivity contribution in [2.45, 2.75) is 0 Å². The topological polar surface area (TPSA) is 36.9 Å². The molecular formula is C15H7F2NO. The molecule has 1 heterocycles. The number of fused-ring (bicyclic) bond motifs is 1. The molecule has 0 aliphatic heterocycles. The molecule has 0 fully saturated rings. The van der Waals surface area contributed by atoms with Gasteiger partial charge in [0.1, 0.15) is 23.3 Å². The van der Waals surface area contributed by atoms with Gasteiger partial charge in [-0.1, -0.05) is 30.3 Å². The predicted molar refractivity (Wildman–Crippen MR) is 66.3 cm³/mol. The fourth-order valence-corrected chi connectivity index (χ4v) is 2.11. The zero-order valence-corrected chi connectivity index (χ0v) is 9.65. The molecule has 0 atom stereocenters. The van der Waals surface area contributed by atoms with E-state index in [4.69, 9.17) is 9.68 Å². The van der Waals surface area contributed by atoms with Crippen LogP contribution >= 0.6 is 0 Å². The van der Waals surface area contributed by atoms with Crippen LogP contribution in [0.4, 0.5) is 8.78 Å². The maximum atomic E-state index is 13.9. The van der Waals surface area contributed by atoms with Gasteiger partial charge >= 0.3 is 0 Å². The minimum absolute atomic E-state index is 0.0225. The molecule has 92 valence electrons. The molecule has 3 rings (SSSR count). The van der Waals surface area contributed by atoms with Crippen molar-refractivity contribution < 1.29 is 13.2 Å². The summed E-state index contributed by atoms with van der Waals surface area (Å²) >= 11 is 0. The van der Waals surface area contributed by atoms with Gasteiger partial charge in [-0.3, -0.25) is 0 Å². The SMILES string of the molecule is N#Cc1oc2cc(F)cc(F)c2c1-c1ccccc1. The fraction of sp³-hybridized carbons (Fsp3) is 0. The van der Waals surface area contributed by atoms with Crippen molar-refractivity contribution in [3.63, 3.8) is 0 Å². The Kier molecular flexibility index (Phi) is 2.53. The Hall–Kier alpha value is -2.67. The zero-order chi connectivity index (χ0) is 13.4. The molecule has 19 heavy (non-hydrogen) atoms. The number of hydrogen-bond acceptors (Lipinski definition) is 2. The van der Waals surface area contributed by atoms with Crippen molar-refractivity contribution in [1.29, 1.82) is 5.26 Å². The number of furan rings is 1. The molecule has 3 aromatic rings. The van der Waals surface area contributed by atoms with E-state index in [-0.39, 0.29) is 16.7 Å². The average molecular weight is 255 g/mol. The van der Waals surface area contributed by atoms with E-state index in [2.05, 4.69) is 0 Å². The van der Waals surface area contributed by atoms with Crippen LogP contribution in [0, 0.1) is 23.0 Å². The first-order valence-corrected chi connectivity index (χ1v) is 5.58. The van der Waals surface area contributed by atoms with Gasteiger partial charge < -0.3 is 4.42 Å². The van der Waals surface area contributed by atoms with Crippen LogP contribution in [0.3, 0.4) is 0 Å². The number of benzene rings is 2. The van der Waals surface area contributed by atoms with Gasteiger partial charge in [0.25, 0.3) is 0 Å². The summed E-state index contributed by atoms with van der Waals surface area (Å²) in [4.78, 5) is 0. The second kappa shape index (κ2) is 4.21. The molecule has 0 amide bonds. The Morgan fingerprint density at radius 1 is 1.05 bits per heavy atom. The van der Waals surface area contributed by atoms with Gasteiger partial charge in [0.15, 0.2) is 0 Å². The zero-order valence-electron chi connectivity index (χ0n) is 9.65. The van der Waals surface area contributed by atoms with Crippen LogP contribution in [0.2, 0.25) is 0 Å². The number of rotatable bonds is 1. The van der Waals surface area contributed by atoms with Crippen LogP contribution in [-0.2, 0) is 0 Å². The standard InChI is InChI=1S/C15H7F2NO/c16-10-6-11(17)15-12(7-10)19-13(8-18)14(15)9-4-2-1-3-5-9/h1-7H. The Morgan fingerprint density at radius 3 is 2.47 bits per heavy atom. The Balaban J connectivity index is 2.44. The van der Waals surface area contributed by atoms with Crippen LogP contribution < -0.4 is 0 Å². The molecule has 0 aliphatic carbocycles. The molecule has 0 saturated carbocycles. The predicted octanol–water partition coefficient (Wildman–Crippen LogP) is 4.25. The maximum absolute atomic E-state index is 13.9. The van der Waals surface area contributed by atoms with Crippen LogP contribution in [0.25, 0.3) is 22.1 Å². The summed E-state index contributed by atoms with van der Waals surface area (Å²) in [5.74, 6) is -1.49. The Morgan fingerprint density at radius 2 is 1.79 bits per heavy atom. The van der Waals surface area contributed by atoms with Gasteiger partial charge in [0.05, 0.1) is 5.39 Å². The number of nitriles is 1. The molecule has 0 bridgehead atoms. The molecule has 4 heteroatoms. The molecule has 2 nitrogen and oxygen atoms in total. The van der Waals surface area contributed by atoms with E-state index in [1.807, 2.05) is 12.1 Å². The van der Waals surface area contributed by atoms with Crippen LogP contribution in [-0.4, -0.2) is 0 Å². The molecule has 0 unspecified atom stereocenters. The summed E-state index contributed by atoms with van der Waals surface area (Å²) in [6.07, 6.45) is 0. The lowest BCUT2D eigenvalue weighted by atomic mass is 10.0. The normalized spacial score (nSPS) is 10.6. The largest absolute Gasteiger partial charge is 0.445 e. The highest BCUT2D eigenvalue weighted by atomic mass is 19.1. The van der Waals surface area contributed by atoms with Crippen molar-refractivity contribution >= 4 is 11.0 Å². The van der Waals surface area contributed by atoms with Gasteiger partial charge in [0, 0.05) is 17.7 Å². The molecule has 0 radical (unpaired) electrons.